The lowest BCUT2D eigenvalue weighted by molar-refractivity contribution is -0.128. The second-order valence-electron chi connectivity index (χ2n) is 5.09. The fraction of sp³-hybridized carbons (Fsp3) is 0.429. The Bertz CT molecular complexity index is 520. The Morgan fingerprint density at radius 1 is 1.37 bits per heavy atom. The molecule has 1 saturated carbocycles. The van der Waals surface area contributed by atoms with Crippen molar-refractivity contribution in [2.24, 2.45) is 5.41 Å². The first kappa shape index (κ1) is 13.4. The number of carbonyl (C=O) groups is 2. The van der Waals surface area contributed by atoms with Gasteiger partial charge >= 0.3 is 5.97 Å². The average molecular weight is 263 g/mol. The van der Waals surface area contributed by atoms with Gasteiger partial charge in [0.2, 0.25) is 5.91 Å². The molecular weight excluding hydrogens is 246 g/mol. The first-order valence-electron chi connectivity index (χ1n) is 6.19. The number of carbonyl (C=O) groups excluding carboxylic acids is 1. The molecule has 0 radical (unpaired) electrons. The summed E-state index contributed by atoms with van der Waals surface area (Å²) in [6.45, 7) is 1.94. The Balaban J connectivity index is 2.17. The number of hydrogen-bond acceptors (Lipinski definition) is 3. The quantitative estimate of drug-likeness (QED) is 0.875. The molecule has 1 aromatic rings. The zero-order chi connectivity index (χ0) is 14.0. The molecule has 102 valence electrons. The molecule has 2 rings (SSSR count). The molecule has 0 spiro atoms. The number of ether oxygens (including phenoxy) is 1. The number of nitrogens with one attached hydrogen (secondary N) is 1. The van der Waals surface area contributed by atoms with Crippen molar-refractivity contribution in [3.8, 4) is 5.75 Å². The maximum atomic E-state index is 12.1. The van der Waals surface area contributed by atoms with E-state index in [1.165, 1.54) is 19.2 Å². The number of anilines is 1. The van der Waals surface area contributed by atoms with E-state index in [2.05, 4.69) is 5.32 Å². The van der Waals surface area contributed by atoms with Gasteiger partial charge < -0.3 is 15.2 Å². The highest BCUT2D eigenvalue weighted by Gasteiger charge is 2.39. The van der Waals surface area contributed by atoms with Crippen molar-refractivity contribution in [2.45, 2.75) is 26.2 Å². The van der Waals surface area contributed by atoms with E-state index in [1.54, 1.807) is 6.07 Å². The molecule has 1 aliphatic carbocycles. The molecule has 0 heterocycles. The van der Waals surface area contributed by atoms with Gasteiger partial charge in [-0.05, 0) is 25.0 Å². The van der Waals surface area contributed by atoms with Crippen LogP contribution in [-0.4, -0.2) is 24.1 Å². The van der Waals surface area contributed by atoms with Crippen molar-refractivity contribution < 1.29 is 19.4 Å². The predicted molar refractivity (Wildman–Crippen MR) is 70.5 cm³/mol. The van der Waals surface area contributed by atoms with Crippen LogP contribution in [0.2, 0.25) is 0 Å². The van der Waals surface area contributed by atoms with Gasteiger partial charge in [0.05, 0.1) is 7.11 Å². The second-order valence-corrected chi connectivity index (χ2v) is 5.09. The Kier molecular flexibility index (Phi) is 3.46. The Morgan fingerprint density at radius 2 is 2.05 bits per heavy atom. The number of aromatic carboxylic acids is 1. The minimum absolute atomic E-state index is 0.0242. The number of carboxylic acid groups (broad SMARTS) is 1. The molecule has 19 heavy (non-hydrogen) atoms. The van der Waals surface area contributed by atoms with Gasteiger partial charge in [-0.2, -0.15) is 0 Å². The van der Waals surface area contributed by atoms with Gasteiger partial charge in [0.25, 0.3) is 0 Å². The first-order chi connectivity index (χ1) is 8.96. The van der Waals surface area contributed by atoms with Crippen LogP contribution in [0.25, 0.3) is 0 Å². The zero-order valence-electron chi connectivity index (χ0n) is 11.0. The van der Waals surface area contributed by atoms with E-state index >= 15 is 0 Å². The minimum atomic E-state index is -1.05. The monoisotopic (exact) mass is 263 g/mol. The summed E-state index contributed by atoms with van der Waals surface area (Å²) in [6.07, 6.45) is 2.86. The molecule has 1 aliphatic rings. The molecule has 0 bridgehead atoms. The third kappa shape index (κ3) is 2.54. The number of rotatable bonds is 4. The average Bonchev–Trinajstić information content (AvgIpc) is 2.35. The Morgan fingerprint density at radius 3 is 2.53 bits per heavy atom. The van der Waals surface area contributed by atoms with Gasteiger partial charge in [-0.3, -0.25) is 4.79 Å². The van der Waals surface area contributed by atoms with Gasteiger partial charge in [0.1, 0.15) is 11.3 Å². The Labute approximate surface area is 111 Å². The third-order valence-electron chi connectivity index (χ3n) is 3.70. The van der Waals surface area contributed by atoms with Crippen molar-refractivity contribution in [1.29, 1.82) is 0 Å². The molecule has 1 amide bonds. The van der Waals surface area contributed by atoms with Gasteiger partial charge in [-0.25, -0.2) is 4.79 Å². The van der Waals surface area contributed by atoms with E-state index in [0.717, 1.165) is 19.3 Å². The number of methoxy groups -OCH3 is 1. The molecule has 0 aromatic heterocycles. The summed E-state index contributed by atoms with van der Waals surface area (Å²) >= 11 is 0. The summed E-state index contributed by atoms with van der Waals surface area (Å²) in [6, 6.07) is 4.54. The van der Waals surface area contributed by atoms with Crippen molar-refractivity contribution in [1.82, 2.24) is 0 Å². The normalized spacial score (nSPS) is 16.3. The topological polar surface area (TPSA) is 75.6 Å². The molecular formula is C14H17NO4. The minimum Gasteiger partial charge on any atom is -0.496 e. The number of carboxylic acids is 1. The number of amides is 1. The summed E-state index contributed by atoms with van der Waals surface area (Å²) in [7, 11) is 1.40. The summed E-state index contributed by atoms with van der Waals surface area (Å²) < 4.78 is 5.02. The number of benzene rings is 1. The molecule has 5 nitrogen and oxygen atoms in total. The lowest BCUT2D eigenvalue weighted by Crippen LogP contribution is -2.39. The molecule has 5 heteroatoms. The molecule has 0 saturated heterocycles. The lowest BCUT2D eigenvalue weighted by Gasteiger charge is -2.36. The van der Waals surface area contributed by atoms with Gasteiger partial charge in [0, 0.05) is 17.2 Å². The van der Waals surface area contributed by atoms with Crippen LogP contribution in [0.5, 0.6) is 5.75 Å². The van der Waals surface area contributed by atoms with Crippen LogP contribution in [0.3, 0.4) is 0 Å². The highest BCUT2D eigenvalue weighted by Crippen LogP contribution is 2.41. The van der Waals surface area contributed by atoms with Crippen LogP contribution in [0.1, 0.15) is 36.5 Å². The first-order valence-corrected chi connectivity index (χ1v) is 6.19. The van der Waals surface area contributed by atoms with Crippen LogP contribution in [0, 0.1) is 5.41 Å². The smallest absolute Gasteiger partial charge is 0.339 e. The van der Waals surface area contributed by atoms with Crippen LogP contribution >= 0.6 is 0 Å². The lowest BCUT2D eigenvalue weighted by atomic mass is 9.70. The van der Waals surface area contributed by atoms with Crippen molar-refractivity contribution in [2.75, 3.05) is 12.4 Å². The summed E-state index contributed by atoms with van der Waals surface area (Å²) in [4.78, 5) is 23.0. The van der Waals surface area contributed by atoms with Crippen LogP contribution < -0.4 is 10.1 Å². The van der Waals surface area contributed by atoms with E-state index in [1.807, 2.05) is 6.92 Å². The molecule has 1 fully saturated rings. The predicted octanol–water partition coefficient (Wildman–Crippen LogP) is 2.52. The van der Waals surface area contributed by atoms with E-state index in [4.69, 9.17) is 9.84 Å². The molecule has 0 aliphatic heterocycles. The second kappa shape index (κ2) is 4.91. The largest absolute Gasteiger partial charge is 0.496 e. The van der Waals surface area contributed by atoms with Crippen LogP contribution in [-0.2, 0) is 4.79 Å². The van der Waals surface area contributed by atoms with E-state index in [0.29, 0.717) is 5.69 Å². The fourth-order valence-electron chi connectivity index (χ4n) is 2.16. The van der Waals surface area contributed by atoms with E-state index in [9.17, 15) is 9.59 Å². The SMILES string of the molecule is COc1cc(NC(=O)C2(C)CCC2)ccc1C(=O)O. The Hall–Kier alpha value is -2.04. The molecule has 0 atom stereocenters. The maximum absolute atomic E-state index is 12.1. The molecule has 0 unspecified atom stereocenters. The van der Waals surface area contributed by atoms with Gasteiger partial charge in [-0.15, -0.1) is 0 Å². The fourth-order valence-corrected chi connectivity index (χ4v) is 2.16. The van der Waals surface area contributed by atoms with Gasteiger partial charge in [0.15, 0.2) is 0 Å². The summed E-state index contributed by atoms with van der Waals surface area (Å²) in [5.41, 5.74) is 0.342. The highest BCUT2D eigenvalue weighted by molar-refractivity contribution is 5.97. The van der Waals surface area contributed by atoms with Crippen LogP contribution in [0.4, 0.5) is 5.69 Å². The standard InChI is InChI=1S/C14H17NO4/c1-14(6-3-7-14)13(18)15-9-4-5-10(12(16)17)11(8-9)19-2/h4-5,8H,3,6-7H2,1-2H3,(H,15,18)(H,16,17). The maximum Gasteiger partial charge on any atom is 0.339 e. The summed E-state index contributed by atoms with van der Waals surface area (Å²) in [5.74, 6) is -0.839. The zero-order valence-corrected chi connectivity index (χ0v) is 11.0. The highest BCUT2D eigenvalue weighted by atomic mass is 16.5. The van der Waals surface area contributed by atoms with Crippen molar-refractivity contribution in [3.05, 3.63) is 23.8 Å². The summed E-state index contributed by atoms with van der Waals surface area (Å²) in [5, 5.41) is 11.8. The molecule has 1 aromatic carbocycles. The van der Waals surface area contributed by atoms with E-state index in [-0.39, 0.29) is 22.6 Å². The molecule has 2 N–H and O–H groups in total. The van der Waals surface area contributed by atoms with E-state index < -0.39 is 5.97 Å². The van der Waals surface area contributed by atoms with Crippen LogP contribution in [0.15, 0.2) is 18.2 Å². The third-order valence-corrected chi connectivity index (χ3v) is 3.70. The van der Waals surface area contributed by atoms with Gasteiger partial charge in [-0.1, -0.05) is 13.3 Å². The van der Waals surface area contributed by atoms with Crippen molar-refractivity contribution in [3.63, 3.8) is 0 Å². The van der Waals surface area contributed by atoms with Crippen molar-refractivity contribution >= 4 is 17.6 Å². The number of hydrogen-bond donors (Lipinski definition) is 2.